The van der Waals surface area contributed by atoms with Crippen LogP contribution in [0.1, 0.15) is 78.1 Å². The molecule has 3 nitrogen and oxygen atoms in total. The zero-order chi connectivity index (χ0) is 12.9. The van der Waals surface area contributed by atoms with Crippen LogP contribution in [0, 0.1) is 5.41 Å². The van der Waals surface area contributed by atoms with E-state index in [4.69, 9.17) is 11.1 Å². The second-order valence-corrected chi connectivity index (χ2v) is 5.08. The largest absolute Gasteiger partial charge is 0.370 e. The van der Waals surface area contributed by atoms with E-state index in [0.717, 1.165) is 6.42 Å². The van der Waals surface area contributed by atoms with Gasteiger partial charge in [-0.1, -0.05) is 64.7 Å². The van der Waals surface area contributed by atoms with Crippen molar-refractivity contribution in [3.63, 3.8) is 0 Å². The molecule has 0 spiro atoms. The third-order valence-corrected chi connectivity index (χ3v) is 3.14. The van der Waals surface area contributed by atoms with Crippen molar-refractivity contribution >= 4 is 18.4 Å². The number of rotatable bonds is 11. The van der Waals surface area contributed by atoms with E-state index in [2.05, 4.69) is 19.2 Å². The maximum absolute atomic E-state index is 7.12. The van der Waals surface area contributed by atoms with E-state index in [1.165, 1.54) is 57.8 Å². The van der Waals surface area contributed by atoms with E-state index in [0.29, 0.717) is 6.04 Å². The molecular formula is C14H32ClN3. The van der Waals surface area contributed by atoms with Crippen molar-refractivity contribution in [3.8, 4) is 0 Å². The molecule has 0 aliphatic rings. The molecule has 0 heterocycles. The maximum atomic E-state index is 7.12. The lowest BCUT2D eigenvalue weighted by Crippen LogP contribution is -2.37. The topological polar surface area (TPSA) is 61.9 Å². The van der Waals surface area contributed by atoms with Crippen molar-refractivity contribution in [3.05, 3.63) is 0 Å². The number of guanidine groups is 1. The quantitative estimate of drug-likeness (QED) is 0.301. The number of unbranched alkanes of at least 4 members (excludes halogenated alkanes) is 8. The van der Waals surface area contributed by atoms with Crippen LogP contribution in [-0.2, 0) is 0 Å². The van der Waals surface area contributed by atoms with Crippen molar-refractivity contribution in [2.45, 2.75) is 84.1 Å². The molecular weight excluding hydrogens is 246 g/mol. The van der Waals surface area contributed by atoms with Crippen molar-refractivity contribution < 1.29 is 0 Å². The normalized spacial score (nSPS) is 11.7. The molecule has 0 saturated carbocycles. The molecule has 0 aromatic rings. The van der Waals surface area contributed by atoms with E-state index < -0.39 is 0 Å². The summed E-state index contributed by atoms with van der Waals surface area (Å²) >= 11 is 0. The lowest BCUT2D eigenvalue weighted by atomic mass is 10.0. The molecule has 0 aliphatic carbocycles. The first kappa shape index (κ1) is 19.9. The zero-order valence-electron chi connectivity index (χ0n) is 12.1. The van der Waals surface area contributed by atoms with Crippen molar-refractivity contribution in [1.29, 1.82) is 5.41 Å². The lowest BCUT2D eigenvalue weighted by Gasteiger charge is -2.12. The summed E-state index contributed by atoms with van der Waals surface area (Å²) in [6.45, 7) is 4.35. The molecule has 18 heavy (non-hydrogen) atoms. The first-order valence-corrected chi connectivity index (χ1v) is 7.27. The van der Waals surface area contributed by atoms with E-state index in [9.17, 15) is 0 Å². The monoisotopic (exact) mass is 277 g/mol. The minimum absolute atomic E-state index is 0. The minimum atomic E-state index is 0. The standard InChI is InChI=1S/C14H31N3.ClH/c1-3-4-5-6-7-8-9-10-11-12-13(2)17-14(15)16;/h13H,3-12H2,1-2H3,(H4,15,16,17);1H. The van der Waals surface area contributed by atoms with Gasteiger partial charge < -0.3 is 11.1 Å². The van der Waals surface area contributed by atoms with E-state index in [1.807, 2.05) is 0 Å². The average Bonchev–Trinajstić information content (AvgIpc) is 2.26. The SMILES string of the molecule is CCCCCCCCCCCC(C)NC(=N)N.Cl. The van der Waals surface area contributed by atoms with Gasteiger partial charge in [0.25, 0.3) is 0 Å². The van der Waals surface area contributed by atoms with Crippen LogP contribution >= 0.6 is 12.4 Å². The summed E-state index contributed by atoms with van der Waals surface area (Å²) in [4.78, 5) is 0. The summed E-state index contributed by atoms with van der Waals surface area (Å²) in [6.07, 6.45) is 13.4. The van der Waals surface area contributed by atoms with Gasteiger partial charge in [-0.25, -0.2) is 0 Å². The number of halogens is 1. The molecule has 0 aromatic carbocycles. The minimum Gasteiger partial charge on any atom is -0.370 e. The van der Waals surface area contributed by atoms with Crippen LogP contribution < -0.4 is 11.1 Å². The molecule has 0 aromatic heterocycles. The fourth-order valence-corrected chi connectivity index (χ4v) is 2.10. The Hall–Kier alpha value is -0.440. The van der Waals surface area contributed by atoms with Crippen LogP contribution in [0.15, 0.2) is 0 Å². The van der Waals surface area contributed by atoms with Gasteiger partial charge >= 0.3 is 0 Å². The lowest BCUT2D eigenvalue weighted by molar-refractivity contribution is 0.519. The van der Waals surface area contributed by atoms with E-state index >= 15 is 0 Å². The fourth-order valence-electron chi connectivity index (χ4n) is 2.10. The molecule has 110 valence electrons. The van der Waals surface area contributed by atoms with Gasteiger partial charge in [-0.2, -0.15) is 0 Å². The van der Waals surface area contributed by atoms with Gasteiger partial charge in [0, 0.05) is 6.04 Å². The van der Waals surface area contributed by atoms with Gasteiger partial charge in [0.15, 0.2) is 5.96 Å². The Morgan fingerprint density at radius 1 is 1.00 bits per heavy atom. The Morgan fingerprint density at radius 3 is 1.89 bits per heavy atom. The molecule has 4 heteroatoms. The second kappa shape index (κ2) is 14.6. The third kappa shape index (κ3) is 15.6. The number of nitrogens with two attached hydrogens (primary N) is 1. The van der Waals surface area contributed by atoms with Crippen LogP contribution in [-0.4, -0.2) is 12.0 Å². The molecule has 0 amide bonds. The van der Waals surface area contributed by atoms with E-state index in [-0.39, 0.29) is 18.4 Å². The van der Waals surface area contributed by atoms with Gasteiger partial charge in [-0.05, 0) is 13.3 Å². The summed E-state index contributed by atoms with van der Waals surface area (Å²) < 4.78 is 0. The highest BCUT2D eigenvalue weighted by atomic mass is 35.5. The molecule has 0 aliphatic heterocycles. The summed E-state index contributed by atoms with van der Waals surface area (Å²) in [7, 11) is 0. The first-order valence-electron chi connectivity index (χ1n) is 7.27. The van der Waals surface area contributed by atoms with Gasteiger partial charge in [0.1, 0.15) is 0 Å². The smallest absolute Gasteiger partial charge is 0.185 e. The predicted molar refractivity (Wildman–Crippen MR) is 83.6 cm³/mol. The maximum Gasteiger partial charge on any atom is 0.185 e. The van der Waals surface area contributed by atoms with E-state index in [1.54, 1.807) is 0 Å². The Kier molecular flexibility index (Phi) is 16.2. The summed E-state index contributed by atoms with van der Waals surface area (Å²) in [5.41, 5.74) is 5.28. The average molecular weight is 278 g/mol. The summed E-state index contributed by atoms with van der Waals surface area (Å²) in [5.74, 6) is 0.0911. The molecule has 0 bridgehead atoms. The number of hydrogen-bond acceptors (Lipinski definition) is 1. The molecule has 0 rings (SSSR count). The first-order chi connectivity index (χ1) is 8.16. The van der Waals surface area contributed by atoms with Gasteiger partial charge in [-0.15, -0.1) is 12.4 Å². The van der Waals surface area contributed by atoms with Crippen LogP contribution in [0.4, 0.5) is 0 Å². The van der Waals surface area contributed by atoms with Gasteiger partial charge in [0.05, 0.1) is 0 Å². The summed E-state index contributed by atoms with van der Waals surface area (Å²) in [5, 5.41) is 10.0. The summed E-state index contributed by atoms with van der Waals surface area (Å²) in [6, 6.07) is 0.344. The Balaban J connectivity index is 0. The van der Waals surface area contributed by atoms with Crippen LogP contribution in [0.2, 0.25) is 0 Å². The van der Waals surface area contributed by atoms with Crippen molar-refractivity contribution in [2.75, 3.05) is 0 Å². The second-order valence-electron chi connectivity index (χ2n) is 5.08. The van der Waals surface area contributed by atoms with Crippen molar-refractivity contribution in [1.82, 2.24) is 5.32 Å². The molecule has 0 radical (unpaired) electrons. The third-order valence-electron chi connectivity index (χ3n) is 3.14. The zero-order valence-corrected chi connectivity index (χ0v) is 13.0. The Morgan fingerprint density at radius 2 is 1.44 bits per heavy atom. The van der Waals surface area contributed by atoms with Crippen LogP contribution in [0.25, 0.3) is 0 Å². The highest BCUT2D eigenvalue weighted by molar-refractivity contribution is 5.85. The highest BCUT2D eigenvalue weighted by Gasteiger charge is 2.01. The van der Waals surface area contributed by atoms with Crippen LogP contribution in [0.3, 0.4) is 0 Å². The number of nitrogens with one attached hydrogen (secondary N) is 2. The molecule has 1 unspecified atom stereocenters. The Labute approximate surface area is 119 Å². The fraction of sp³-hybridized carbons (Fsp3) is 0.929. The Bertz CT molecular complexity index is 186. The molecule has 4 N–H and O–H groups in total. The van der Waals surface area contributed by atoms with Gasteiger partial charge in [-0.3, -0.25) is 5.41 Å². The number of hydrogen-bond donors (Lipinski definition) is 3. The highest BCUT2D eigenvalue weighted by Crippen LogP contribution is 2.11. The molecule has 0 fully saturated rings. The molecule has 0 saturated heterocycles. The predicted octanol–water partition coefficient (Wildman–Crippen LogP) is 4.20. The molecule has 1 atom stereocenters. The van der Waals surface area contributed by atoms with Gasteiger partial charge in [0.2, 0.25) is 0 Å². The van der Waals surface area contributed by atoms with Crippen LogP contribution in [0.5, 0.6) is 0 Å². The van der Waals surface area contributed by atoms with Crippen molar-refractivity contribution in [2.24, 2.45) is 5.73 Å².